The second kappa shape index (κ2) is 7.42. The molecule has 10 heteroatoms. The highest BCUT2D eigenvalue weighted by molar-refractivity contribution is 7.93. The van der Waals surface area contributed by atoms with Crippen molar-refractivity contribution in [3.05, 3.63) is 42.5 Å². The van der Waals surface area contributed by atoms with E-state index in [1.165, 1.54) is 39.5 Å². The van der Waals surface area contributed by atoms with E-state index in [2.05, 4.69) is 4.72 Å². The van der Waals surface area contributed by atoms with Crippen LogP contribution in [0.25, 0.3) is 0 Å². The Balaban J connectivity index is 2.50. The van der Waals surface area contributed by atoms with E-state index in [9.17, 15) is 16.8 Å². The highest BCUT2D eigenvalue weighted by Crippen LogP contribution is 2.33. The Hall–Kier alpha value is -2.46. The number of sulfonamides is 2. The molecule has 2 aromatic rings. The summed E-state index contributed by atoms with van der Waals surface area (Å²) in [5.41, 5.74) is 0.377. The molecule has 1 N–H and O–H groups in total. The number of benzene rings is 2. The number of ether oxygens (including phenoxy) is 2. The number of methoxy groups -OCH3 is 2. The van der Waals surface area contributed by atoms with Gasteiger partial charge in [0.05, 0.1) is 36.7 Å². The topological polar surface area (TPSA) is 102 Å². The summed E-state index contributed by atoms with van der Waals surface area (Å²) in [6, 6.07) is 10.5. The molecule has 0 aliphatic carbocycles. The van der Waals surface area contributed by atoms with Crippen LogP contribution in [-0.4, -0.2) is 44.4 Å². The van der Waals surface area contributed by atoms with Gasteiger partial charge in [-0.2, -0.15) is 0 Å². The summed E-state index contributed by atoms with van der Waals surface area (Å²) in [4.78, 5) is -0.116. The van der Waals surface area contributed by atoms with Crippen LogP contribution in [0.4, 0.5) is 11.4 Å². The number of nitrogens with one attached hydrogen (secondary N) is 1. The van der Waals surface area contributed by atoms with Crippen LogP contribution in [0.5, 0.6) is 11.5 Å². The van der Waals surface area contributed by atoms with Gasteiger partial charge in [-0.05, 0) is 30.3 Å². The van der Waals surface area contributed by atoms with Crippen molar-refractivity contribution >= 4 is 31.4 Å². The Kier molecular flexibility index (Phi) is 5.67. The van der Waals surface area contributed by atoms with Gasteiger partial charge < -0.3 is 9.47 Å². The molecule has 0 spiro atoms. The lowest BCUT2D eigenvalue weighted by molar-refractivity contribution is 0.415. The summed E-state index contributed by atoms with van der Waals surface area (Å²) < 4.78 is 62.8. The van der Waals surface area contributed by atoms with Crippen LogP contribution in [0.3, 0.4) is 0 Å². The molecule has 2 aromatic carbocycles. The number of hydrogen-bond acceptors (Lipinski definition) is 6. The number of hydrogen-bond donors (Lipinski definition) is 1. The molecular formula is C16H20N2O6S2. The van der Waals surface area contributed by atoms with Crippen molar-refractivity contribution in [2.24, 2.45) is 0 Å². The molecule has 0 atom stereocenters. The lowest BCUT2D eigenvalue weighted by Gasteiger charge is -2.20. The number of nitrogens with zero attached hydrogens (tertiary/aromatic N) is 1. The second-order valence-electron chi connectivity index (χ2n) is 5.37. The Morgan fingerprint density at radius 3 is 2.12 bits per heavy atom. The van der Waals surface area contributed by atoms with Crippen molar-refractivity contribution in [1.82, 2.24) is 0 Å². The van der Waals surface area contributed by atoms with Crippen LogP contribution in [0.2, 0.25) is 0 Å². The first-order chi connectivity index (χ1) is 12.1. The Bertz CT molecular complexity index is 1000. The zero-order chi connectivity index (χ0) is 19.5. The molecule has 0 saturated heterocycles. The van der Waals surface area contributed by atoms with E-state index in [1.54, 1.807) is 24.3 Å². The van der Waals surface area contributed by atoms with Crippen LogP contribution in [0, 0.1) is 0 Å². The molecule has 0 aromatic heterocycles. The first-order valence-corrected chi connectivity index (χ1v) is 10.7. The molecule has 0 fully saturated rings. The average molecular weight is 400 g/mol. The fraction of sp³-hybridized carbons (Fsp3) is 0.250. The standard InChI is InChI=1S/C16H20N2O6S2/c1-18(25(4,19)20)14-11-12(9-10-16(14)24-3)26(21,22)17-13-7-5-6-8-15(13)23-2/h5-11,17H,1-4H3. The number of rotatable bonds is 7. The molecule has 0 bridgehead atoms. The van der Waals surface area contributed by atoms with Crippen molar-refractivity contribution in [1.29, 1.82) is 0 Å². The van der Waals surface area contributed by atoms with Crippen molar-refractivity contribution in [3.63, 3.8) is 0 Å². The summed E-state index contributed by atoms with van der Waals surface area (Å²) in [6.45, 7) is 0. The maximum absolute atomic E-state index is 12.7. The Labute approximate surface area is 153 Å². The van der Waals surface area contributed by atoms with E-state index in [0.29, 0.717) is 5.75 Å². The maximum Gasteiger partial charge on any atom is 0.262 e. The van der Waals surface area contributed by atoms with Gasteiger partial charge in [0.15, 0.2) is 0 Å². The normalized spacial score (nSPS) is 11.7. The molecular weight excluding hydrogens is 380 g/mol. The monoisotopic (exact) mass is 400 g/mol. The molecule has 8 nitrogen and oxygen atoms in total. The predicted octanol–water partition coefficient (Wildman–Crippen LogP) is 1.90. The lowest BCUT2D eigenvalue weighted by atomic mass is 10.3. The third kappa shape index (κ3) is 4.20. The molecule has 2 rings (SSSR count). The van der Waals surface area contributed by atoms with E-state index in [4.69, 9.17) is 9.47 Å². The molecule has 0 aliphatic rings. The summed E-state index contributed by atoms with van der Waals surface area (Å²) >= 11 is 0. The minimum Gasteiger partial charge on any atom is -0.495 e. The van der Waals surface area contributed by atoms with E-state index in [0.717, 1.165) is 10.6 Å². The van der Waals surface area contributed by atoms with Gasteiger partial charge >= 0.3 is 0 Å². The van der Waals surface area contributed by atoms with Gasteiger partial charge in [0, 0.05) is 7.05 Å². The van der Waals surface area contributed by atoms with Gasteiger partial charge in [-0.1, -0.05) is 12.1 Å². The molecule has 0 heterocycles. The molecule has 26 heavy (non-hydrogen) atoms. The highest BCUT2D eigenvalue weighted by Gasteiger charge is 2.22. The molecule has 0 radical (unpaired) electrons. The van der Waals surface area contributed by atoms with Gasteiger partial charge in [0.2, 0.25) is 10.0 Å². The second-order valence-corrected chi connectivity index (χ2v) is 9.07. The number of para-hydroxylation sites is 2. The van der Waals surface area contributed by atoms with Crippen molar-refractivity contribution in [2.75, 3.05) is 36.6 Å². The smallest absolute Gasteiger partial charge is 0.262 e. The van der Waals surface area contributed by atoms with Crippen LogP contribution in [0.15, 0.2) is 47.4 Å². The van der Waals surface area contributed by atoms with Gasteiger partial charge in [-0.25, -0.2) is 16.8 Å². The summed E-state index contributed by atoms with van der Waals surface area (Å²) in [5, 5.41) is 0. The Morgan fingerprint density at radius 1 is 0.923 bits per heavy atom. The summed E-state index contributed by atoms with van der Waals surface area (Å²) in [6.07, 6.45) is 1.01. The van der Waals surface area contributed by atoms with Crippen LogP contribution < -0.4 is 18.5 Å². The lowest BCUT2D eigenvalue weighted by Crippen LogP contribution is -2.25. The van der Waals surface area contributed by atoms with Gasteiger partial charge in [0.1, 0.15) is 11.5 Å². The van der Waals surface area contributed by atoms with E-state index in [1.807, 2.05) is 0 Å². The van der Waals surface area contributed by atoms with Crippen LogP contribution in [0.1, 0.15) is 0 Å². The van der Waals surface area contributed by atoms with E-state index in [-0.39, 0.29) is 22.0 Å². The van der Waals surface area contributed by atoms with Crippen LogP contribution >= 0.6 is 0 Å². The fourth-order valence-electron chi connectivity index (χ4n) is 2.19. The first-order valence-electron chi connectivity index (χ1n) is 7.38. The minimum atomic E-state index is -3.98. The van der Waals surface area contributed by atoms with Crippen LogP contribution in [-0.2, 0) is 20.0 Å². The van der Waals surface area contributed by atoms with Gasteiger partial charge in [-0.15, -0.1) is 0 Å². The minimum absolute atomic E-state index is 0.109. The summed E-state index contributed by atoms with van der Waals surface area (Å²) in [5.74, 6) is 0.590. The van der Waals surface area contributed by atoms with Crippen molar-refractivity contribution in [3.8, 4) is 11.5 Å². The van der Waals surface area contributed by atoms with Gasteiger partial charge in [0.25, 0.3) is 10.0 Å². The SMILES string of the molecule is COc1ccccc1NS(=O)(=O)c1ccc(OC)c(N(C)S(C)(=O)=O)c1. The third-order valence-electron chi connectivity index (χ3n) is 3.65. The number of anilines is 2. The van der Waals surface area contributed by atoms with E-state index < -0.39 is 20.0 Å². The average Bonchev–Trinajstić information content (AvgIpc) is 2.59. The molecule has 0 saturated carbocycles. The first kappa shape index (κ1) is 19.9. The van der Waals surface area contributed by atoms with Gasteiger partial charge in [-0.3, -0.25) is 9.03 Å². The maximum atomic E-state index is 12.7. The predicted molar refractivity (Wildman–Crippen MR) is 100 cm³/mol. The molecule has 0 aliphatic heterocycles. The zero-order valence-electron chi connectivity index (χ0n) is 14.8. The fourth-order valence-corrected chi connectivity index (χ4v) is 3.78. The van der Waals surface area contributed by atoms with Crippen molar-refractivity contribution in [2.45, 2.75) is 4.90 Å². The van der Waals surface area contributed by atoms with E-state index >= 15 is 0 Å². The third-order valence-corrected chi connectivity index (χ3v) is 6.20. The highest BCUT2D eigenvalue weighted by atomic mass is 32.2. The Morgan fingerprint density at radius 2 is 1.54 bits per heavy atom. The quantitative estimate of drug-likeness (QED) is 0.762. The van der Waals surface area contributed by atoms with Crippen molar-refractivity contribution < 1.29 is 26.3 Å². The summed E-state index contributed by atoms with van der Waals surface area (Å²) in [7, 11) is -3.46. The molecule has 142 valence electrons. The zero-order valence-corrected chi connectivity index (χ0v) is 16.4. The molecule has 0 unspecified atom stereocenters. The largest absolute Gasteiger partial charge is 0.495 e. The molecule has 0 amide bonds.